The number of likely N-dealkylation sites (tertiary alicyclic amines) is 1. The average molecular weight is 253 g/mol. The van der Waals surface area contributed by atoms with Gasteiger partial charge in [0.25, 0.3) is 5.91 Å². The highest BCUT2D eigenvalue weighted by atomic mass is 16.5. The molecule has 2 aliphatic heterocycles. The molecule has 2 heterocycles. The molecule has 2 saturated heterocycles. The summed E-state index contributed by atoms with van der Waals surface area (Å²) in [6.07, 6.45) is 5.36. The van der Waals surface area contributed by atoms with Crippen molar-refractivity contribution in [3.05, 3.63) is 0 Å². The zero-order valence-corrected chi connectivity index (χ0v) is 11.4. The van der Waals surface area contributed by atoms with Crippen molar-refractivity contribution < 1.29 is 14.3 Å². The lowest BCUT2D eigenvalue weighted by Crippen LogP contribution is -2.68. The second kappa shape index (κ2) is 4.20. The fraction of sp³-hybridized carbons (Fsp3) is 0.929. The summed E-state index contributed by atoms with van der Waals surface area (Å²) in [7, 11) is 1.67. The van der Waals surface area contributed by atoms with Gasteiger partial charge in [-0.3, -0.25) is 4.79 Å². The summed E-state index contributed by atoms with van der Waals surface area (Å²) in [5.74, 6) is 0.633. The summed E-state index contributed by atoms with van der Waals surface area (Å²) in [6, 6.07) is 0. The van der Waals surface area contributed by atoms with Crippen LogP contribution in [0.3, 0.4) is 0 Å². The van der Waals surface area contributed by atoms with Crippen LogP contribution < -0.4 is 0 Å². The van der Waals surface area contributed by atoms with Crippen molar-refractivity contribution in [3.8, 4) is 0 Å². The van der Waals surface area contributed by atoms with Crippen molar-refractivity contribution in [1.29, 1.82) is 0 Å². The second-order valence-corrected chi connectivity index (χ2v) is 6.13. The Morgan fingerprint density at radius 3 is 2.44 bits per heavy atom. The summed E-state index contributed by atoms with van der Waals surface area (Å²) in [4.78, 5) is 14.9. The molecule has 102 valence electrons. The van der Waals surface area contributed by atoms with Crippen LogP contribution in [0.1, 0.15) is 39.0 Å². The van der Waals surface area contributed by atoms with Crippen LogP contribution in [0.4, 0.5) is 0 Å². The van der Waals surface area contributed by atoms with Crippen molar-refractivity contribution in [3.63, 3.8) is 0 Å². The van der Waals surface area contributed by atoms with Gasteiger partial charge >= 0.3 is 0 Å². The number of carbonyl (C=O) groups is 1. The Kier molecular flexibility index (Phi) is 2.90. The van der Waals surface area contributed by atoms with E-state index in [2.05, 4.69) is 4.90 Å². The van der Waals surface area contributed by atoms with Crippen molar-refractivity contribution in [2.24, 2.45) is 5.92 Å². The first-order valence-electron chi connectivity index (χ1n) is 7.07. The Labute approximate surface area is 109 Å². The molecule has 3 fully saturated rings. The van der Waals surface area contributed by atoms with Gasteiger partial charge in [-0.05, 0) is 44.9 Å². The minimum atomic E-state index is -0.592. The highest BCUT2D eigenvalue weighted by Gasteiger charge is 2.56. The maximum atomic E-state index is 12.8. The van der Waals surface area contributed by atoms with Crippen molar-refractivity contribution in [2.45, 2.75) is 50.2 Å². The molecule has 1 atom stereocenters. The van der Waals surface area contributed by atoms with Gasteiger partial charge in [0, 0.05) is 32.4 Å². The molecule has 0 aromatic heterocycles. The molecule has 0 radical (unpaired) electrons. The maximum absolute atomic E-state index is 12.8. The van der Waals surface area contributed by atoms with Crippen LogP contribution in [0.2, 0.25) is 0 Å². The summed E-state index contributed by atoms with van der Waals surface area (Å²) in [5.41, 5.74) is -0.504. The van der Waals surface area contributed by atoms with Crippen molar-refractivity contribution in [2.75, 3.05) is 26.9 Å². The van der Waals surface area contributed by atoms with E-state index in [1.807, 2.05) is 6.92 Å². The second-order valence-electron chi connectivity index (χ2n) is 6.13. The van der Waals surface area contributed by atoms with Crippen LogP contribution in [0.5, 0.6) is 0 Å². The Morgan fingerprint density at radius 1 is 1.33 bits per heavy atom. The van der Waals surface area contributed by atoms with Gasteiger partial charge in [-0.2, -0.15) is 0 Å². The van der Waals surface area contributed by atoms with Gasteiger partial charge in [-0.25, -0.2) is 0 Å². The van der Waals surface area contributed by atoms with Crippen molar-refractivity contribution >= 4 is 5.91 Å². The first kappa shape index (κ1) is 12.4. The monoisotopic (exact) mass is 253 g/mol. The minimum absolute atomic E-state index is 0.0873. The zero-order chi connectivity index (χ0) is 12.8. The molecule has 0 N–H and O–H groups in total. The lowest BCUT2D eigenvalue weighted by Gasteiger charge is -2.56. The Balaban J connectivity index is 1.76. The largest absolute Gasteiger partial charge is 0.381 e. The predicted octanol–water partition coefficient (Wildman–Crippen LogP) is 1.58. The van der Waals surface area contributed by atoms with E-state index >= 15 is 0 Å². The van der Waals surface area contributed by atoms with Gasteiger partial charge in [0.2, 0.25) is 0 Å². The van der Waals surface area contributed by atoms with E-state index in [0.717, 1.165) is 51.9 Å². The number of nitrogens with zero attached hydrogens (tertiary/aromatic N) is 1. The Hall–Kier alpha value is -0.610. The highest BCUT2D eigenvalue weighted by molar-refractivity contribution is 5.87. The molecule has 1 spiro atoms. The highest BCUT2D eigenvalue weighted by Crippen LogP contribution is 2.47. The predicted molar refractivity (Wildman–Crippen MR) is 67.3 cm³/mol. The zero-order valence-electron chi connectivity index (χ0n) is 11.4. The molecule has 4 heteroatoms. The number of hydrogen-bond acceptors (Lipinski definition) is 3. The fourth-order valence-corrected chi connectivity index (χ4v) is 3.46. The quantitative estimate of drug-likeness (QED) is 0.766. The molecule has 0 aromatic carbocycles. The average Bonchev–Trinajstić information content (AvgIpc) is 3.22. The molecule has 1 aliphatic carbocycles. The molecule has 1 amide bonds. The van der Waals surface area contributed by atoms with E-state index in [0.29, 0.717) is 5.92 Å². The van der Waals surface area contributed by atoms with Crippen LogP contribution in [0.15, 0.2) is 0 Å². The third-order valence-corrected chi connectivity index (χ3v) is 5.25. The smallest absolute Gasteiger partial charge is 0.255 e. The Morgan fingerprint density at radius 2 is 2.00 bits per heavy atom. The summed E-state index contributed by atoms with van der Waals surface area (Å²) in [6.45, 7) is 4.44. The number of carbonyl (C=O) groups excluding carboxylic acids is 1. The van der Waals surface area contributed by atoms with Crippen LogP contribution in [0, 0.1) is 5.92 Å². The lowest BCUT2D eigenvalue weighted by atomic mass is 9.76. The van der Waals surface area contributed by atoms with Crippen molar-refractivity contribution in [1.82, 2.24) is 4.90 Å². The van der Waals surface area contributed by atoms with Crippen LogP contribution in [-0.4, -0.2) is 48.8 Å². The molecule has 0 aromatic rings. The summed E-state index contributed by atoms with van der Waals surface area (Å²) < 4.78 is 11.0. The van der Waals surface area contributed by atoms with E-state index in [-0.39, 0.29) is 11.4 Å². The number of hydrogen-bond donors (Lipinski definition) is 0. The minimum Gasteiger partial charge on any atom is -0.381 e. The van der Waals surface area contributed by atoms with E-state index in [4.69, 9.17) is 9.47 Å². The van der Waals surface area contributed by atoms with Gasteiger partial charge < -0.3 is 14.4 Å². The first-order valence-corrected chi connectivity index (χ1v) is 7.07. The van der Waals surface area contributed by atoms with Gasteiger partial charge in [0.15, 0.2) is 0 Å². The number of methoxy groups -OCH3 is 1. The SMILES string of the molecule is CO[C@](C)(C(=O)N1CCC12CCOCC2)C1CC1. The maximum Gasteiger partial charge on any atom is 0.255 e. The molecular formula is C14H23NO3. The standard InChI is InChI=1S/C14H23NO3/c1-13(17-2,11-3-4-11)12(16)15-8-5-14(15)6-9-18-10-7-14/h11H,3-10H2,1-2H3/t13-/m0/s1. The Bertz CT molecular complexity index is 347. The topological polar surface area (TPSA) is 38.8 Å². The van der Waals surface area contributed by atoms with Gasteiger partial charge in [0.05, 0.1) is 0 Å². The fourth-order valence-electron chi connectivity index (χ4n) is 3.46. The molecule has 3 rings (SSSR count). The first-order chi connectivity index (χ1) is 8.62. The molecule has 18 heavy (non-hydrogen) atoms. The van der Waals surface area contributed by atoms with E-state index in [1.165, 1.54) is 0 Å². The van der Waals surface area contributed by atoms with E-state index < -0.39 is 5.60 Å². The lowest BCUT2D eigenvalue weighted by molar-refractivity contribution is -0.179. The van der Waals surface area contributed by atoms with Gasteiger partial charge in [-0.15, -0.1) is 0 Å². The molecule has 0 bridgehead atoms. The third-order valence-electron chi connectivity index (χ3n) is 5.25. The molecule has 1 saturated carbocycles. The summed E-state index contributed by atoms with van der Waals surface area (Å²) in [5, 5.41) is 0. The third kappa shape index (κ3) is 1.69. The molecule has 0 unspecified atom stereocenters. The molecular weight excluding hydrogens is 230 g/mol. The van der Waals surface area contributed by atoms with E-state index in [9.17, 15) is 4.79 Å². The van der Waals surface area contributed by atoms with Gasteiger partial charge in [-0.1, -0.05) is 0 Å². The van der Waals surface area contributed by atoms with Crippen LogP contribution >= 0.6 is 0 Å². The number of ether oxygens (including phenoxy) is 2. The van der Waals surface area contributed by atoms with Crippen LogP contribution in [-0.2, 0) is 14.3 Å². The molecule has 4 nitrogen and oxygen atoms in total. The molecule has 3 aliphatic rings. The van der Waals surface area contributed by atoms with Gasteiger partial charge in [0.1, 0.15) is 5.60 Å². The number of amides is 1. The number of rotatable bonds is 3. The van der Waals surface area contributed by atoms with Crippen LogP contribution in [0.25, 0.3) is 0 Å². The summed E-state index contributed by atoms with van der Waals surface area (Å²) >= 11 is 0. The normalized spacial score (nSPS) is 29.8. The van der Waals surface area contributed by atoms with E-state index in [1.54, 1.807) is 7.11 Å².